The molecule has 0 bridgehead atoms. The molecule has 2 heterocycles. The number of hydrogen-bond acceptors (Lipinski definition) is 7. The van der Waals surface area contributed by atoms with E-state index in [9.17, 15) is 20.3 Å². The average Bonchev–Trinajstić information content (AvgIpc) is 2.98. The number of hydrogen-bond donors (Lipinski definition) is 2. The Morgan fingerprint density at radius 3 is 2.56 bits per heavy atom. The van der Waals surface area contributed by atoms with Crippen LogP contribution >= 0.6 is 11.6 Å². The standard InChI is InChI=1S/C16H12ClN3O5/c1-7-3-8(2)18-16(17)14(7)13-6-10(19-25-13)9-4-11(20(23)24)15(22)12(21)5-9/h3-6,21-22H,1-2H3. The minimum absolute atomic E-state index is 0.214. The molecule has 9 heteroatoms. The van der Waals surface area contributed by atoms with E-state index in [1.165, 1.54) is 6.07 Å². The molecular weight excluding hydrogens is 350 g/mol. The molecule has 0 spiro atoms. The predicted molar refractivity (Wildman–Crippen MR) is 89.6 cm³/mol. The highest BCUT2D eigenvalue weighted by molar-refractivity contribution is 6.32. The molecule has 3 aromatic rings. The summed E-state index contributed by atoms with van der Waals surface area (Å²) in [4.78, 5) is 14.3. The molecule has 0 atom stereocenters. The molecule has 0 aliphatic carbocycles. The molecule has 8 nitrogen and oxygen atoms in total. The van der Waals surface area contributed by atoms with Crippen molar-refractivity contribution in [3.63, 3.8) is 0 Å². The minimum atomic E-state index is -0.806. The van der Waals surface area contributed by atoms with E-state index in [-0.39, 0.29) is 16.4 Å². The number of nitro benzene ring substituents is 1. The van der Waals surface area contributed by atoms with Crippen LogP contribution in [0.1, 0.15) is 11.3 Å². The van der Waals surface area contributed by atoms with Gasteiger partial charge in [0.1, 0.15) is 10.8 Å². The van der Waals surface area contributed by atoms with E-state index in [0.717, 1.165) is 23.4 Å². The largest absolute Gasteiger partial charge is 0.504 e. The third-order valence-corrected chi connectivity index (χ3v) is 3.89. The van der Waals surface area contributed by atoms with Gasteiger partial charge in [-0.2, -0.15) is 0 Å². The fraction of sp³-hybridized carbons (Fsp3) is 0.125. The number of nitrogens with zero attached hydrogens (tertiary/aromatic N) is 3. The molecule has 2 aromatic heterocycles. The van der Waals surface area contributed by atoms with Gasteiger partial charge in [-0.1, -0.05) is 16.8 Å². The van der Waals surface area contributed by atoms with Crippen molar-refractivity contribution in [2.45, 2.75) is 13.8 Å². The number of phenols is 2. The molecule has 0 aliphatic rings. The van der Waals surface area contributed by atoms with E-state index in [0.29, 0.717) is 11.3 Å². The lowest BCUT2D eigenvalue weighted by molar-refractivity contribution is -0.385. The van der Waals surface area contributed by atoms with Crippen molar-refractivity contribution in [3.8, 4) is 34.1 Å². The maximum Gasteiger partial charge on any atom is 0.315 e. The van der Waals surface area contributed by atoms with Crippen LogP contribution in [0.5, 0.6) is 11.5 Å². The third kappa shape index (κ3) is 2.99. The minimum Gasteiger partial charge on any atom is -0.504 e. The molecule has 0 fully saturated rings. The molecule has 0 aliphatic heterocycles. The van der Waals surface area contributed by atoms with Gasteiger partial charge in [0.25, 0.3) is 0 Å². The van der Waals surface area contributed by atoms with Crippen LogP contribution in [0, 0.1) is 24.0 Å². The van der Waals surface area contributed by atoms with Crippen LogP contribution in [0.25, 0.3) is 22.6 Å². The van der Waals surface area contributed by atoms with Crippen molar-refractivity contribution in [3.05, 3.63) is 50.8 Å². The molecule has 0 amide bonds. The van der Waals surface area contributed by atoms with Gasteiger partial charge in [-0.25, -0.2) is 4.98 Å². The van der Waals surface area contributed by atoms with E-state index in [4.69, 9.17) is 16.1 Å². The Bertz CT molecular complexity index is 976. The van der Waals surface area contributed by atoms with E-state index in [2.05, 4.69) is 10.1 Å². The van der Waals surface area contributed by atoms with Crippen molar-refractivity contribution < 1.29 is 19.7 Å². The molecule has 25 heavy (non-hydrogen) atoms. The first-order valence-electron chi connectivity index (χ1n) is 7.09. The van der Waals surface area contributed by atoms with Gasteiger partial charge in [0.2, 0.25) is 5.75 Å². The van der Waals surface area contributed by atoms with E-state index in [1.54, 1.807) is 0 Å². The molecule has 1 aromatic carbocycles. The second-order valence-corrected chi connectivity index (χ2v) is 5.80. The summed E-state index contributed by atoms with van der Waals surface area (Å²) in [7, 11) is 0. The van der Waals surface area contributed by atoms with Crippen molar-refractivity contribution in [2.24, 2.45) is 0 Å². The lowest BCUT2D eigenvalue weighted by Crippen LogP contribution is -1.90. The SMILES string of the molecule is Cc1cc(C)c(-c2cc(-c3cc(O)c(O)c([N+](=O)[O-])c3)no2)c(Cl)n1. The van der Waals surface area contributed by atoms with Gasteiger partial charge in [0.05, 0.1) is 10.5 Å². The Hall–Kier alpha value is -3.13. The molecule has 128 valence electrons. The number of rotatable bonds is 3. The highest BCUT2D eigenvalue weighted by Crippen LogP contribution is 2.40. The van der Waals surface area contributed by atoms with Gasteiger partial charge in [-0.15, -0.1) is 0 Å². The zero-order valence-electron chi connectivity index (χ0n) is 13.1. The number of benzene rings is 1. The highest BCUT2D eigenvalue weighted by atomic mass is 35.5. The highest BCUT2D eigenvalue weighted by Gasteiger charge is 2.22. The number of phenolic OH excluding ortho intramolecular Hbond substituents is 2. The molecule has 0 saturated heterocycles. The van der Waals surface area contributed by atoms with E-state index in [1.807, 2.05) is 19.9 Å². The van der Waals surface area contributed by atoms with E-state index < -0.39 is 22.1 Å². The van der Waals surface area contributed by atoms with Gasteiger partial charge < -0.3 is 14.7 Å². The third-order valence-electron chi connectivity index (χ3n) is 3.62. The zero-order chi connectivity index (χ0) is 18.3. The van der Waals surface area contributed by atoms with E-state index >= 15 is 0 Å². The fourth-order valence-electron chi connectivity index (χ4n) is 2.51. The van der Waals surface area contributed by atoms with Crippen LogP contribution in [0.2, 0.25) is 5.15 Å². The number of halogens is 1. The van der Waals surface area contributed by atoms with Crippen LogP contribution in [-0.2, 0) is 0 Å². The maximum atomic E-state index is 11.0. The number of aromatic hydroxyl groups is 2. The van der Waals surface area contributed by atoms with Gasteiger partial charge in [-0.05, 0) is 31.5 Å². The monoisotopic (exact) mass is 361 g/mol. The Morgan fingerprint density at radius 1 is 1.20 bits per heavy atom. The molecule has 0 radical (unpaired) electrons. The Kier molecular flexibility index (Phi) is 4.05. The van der Waals surface area contributed by atoms with Crippen LogP contribution in [-0.4, -0.2) is 25.3 Å². The summed E-state index contributed by atoms with van der Waals surface area (Å²) in [5, 5.41) is 34.3. The predicted octanol–water partition coefficient (Wildman–Crippen LogP) is 3.99. The maximum absolute atomic E-state index is 11.0. The summed E-state index contributed by atoms with van der Waals surface area (Å²) in [6.45, 7) is 3.65. The number of nitro groups is 1. The first-order chi connectivity index (χ1) is 11.8. The average molecular weight is 362 g/mol. The second kappa shape index (κ2) is 6.06. The topological polar surface area (TPSA) is 123 Å². The lowest BCUT2D eigenvalue weighted by Gasteiger charge is -2.05. The van der Waals surface area contributed by atoms with Crippen molar-refractivity contribution in [2.75, 3.05) is 0 Å². The number of aromatic nitrogens is 2. The summed E-state index contributed by atoms with van der Waals surface area (Å²) in [6.07, 6.45) is 0. The lowest BCUT2D eigenvalue weighted by atomic mass is 10.1. The van der Waals surface area contributed by atoms with Crippen LogP contribution in [0.3, 0.4) is 0 Å². The Labute approximate surface area is 146 Å². The molecule has 0 unspecified atom stereocenters. The van der Waals surface area contributed by atoms with Crippen LogP contribution in [0.15, 0.2) is 28.8 Å². The van der Waals surface area contributed by atoms with Gasteiger partial charge in [0, 0.05) is 23.4 Å². The molecular formula is C16H12ClN3O5. The first kappa shape index (κ1) is 16.7. The molecule has 2 N–H and O–H groups in total. The normalized spacial score (nSPS) is 10.8. The zero-order valence-corrected chi connectivity index (χ0v) is 13.9. The molecule has 3 rings (SSSR count). The summed E-state index contributed by atoms with van der Waals surface area (Å²) < 4.78 is 5.29. The summed E-state index contributed by atoms with van der Waals surface area (Å²) in [5.41, 5.74) is 1.97. The van der Waals surface area contributed by atoms with Crippen molar-refractivity contribution in [1.29, 1.82) is 0 Å². The van der Waals surface area contributed by atoms with Gasteiger partial charge in [0.15, 0.2) is 11.5 Å². The number of pyridine rings is 1. The smallest absolute Gasteiger partial charge is 0.315 e. The van der Waals surface area contributed by atoms with Crippen molar-refractivity contribution in [1.82, 2.24) is 10.1 Å². The summed E-state index contributed by atoms with van der Waals surface area (Å²) >= 11 is 6.18. The molecule has 0 saturated carbocycles. The Morgan fingerprint density at radius 2 is 1.92 bits per heavy atom. The summed E-state index contributed by atoms with van der Waals surface area (Å²) in [5.74, 6) is -1.10. The first-order valence-corrected chi connectivity index (χ1v) is 7.47. The van der Waals surface area contributed by atoms with Crippen LogP contribution < -0.4 is 0 Å². The number of aryl methyl sites for hydroxylation is 2. The van der Waals surface area contributed by atoms with Gasteiger partial charge in [-0.3, -0.25) is 10.1 Å². The van der Waals surface area contributed by atoms with Gasteiger partial charge >= 0.3 is 5.69 Å². The van der Waals surface area contributed by atoms with Crippen molar-refractivity contribution >= 4 is 17.3 Å². The fourth-order valence-corrected chi connectivity index (χ4v) is 2.88. The summed E-state index contributed by atoms with van der Waals surface area (Å²) in [6, 6.07) is 5.62. The Balaban J connectivity index is 2.11. The van der Waals surface area contributed by atoms with Crippen LogP contribution in [0.4, 0.5) is 5.69 Å². The quantitative estimate of drug-likeness (QED) is 0.313. The second-order valence-electron chi connectivity index (χ2n) is 5.44.